The molecule has 1 saturated heterocycles. The third kappa shape index (κ3) is 5.54. The summed E-state index contributed by atoms with van der Waals surface area (Å²) in [6, 6.07) is 0.613. The van der Waals surface area contributed by atoms with Crippen LogP contribution in [0.2, 0.25) is 0 Å². The molecule has 1 aliphatic heterocycles. The average Bonchev–Trinajstić information content (AvgIpc) is 2.29. The Labute approximate surface area is 106 Å². The van der Waals surface area contributed by atoms with Crippen molar-refractivity contribution in [2.75, 3.05) is 32.8 Å². The summed E-state index contributed by atoms with van der Waals surface area (Å²) >= 11 is 0. The number of hydrogen-bond donors (Lipinski definition) is 2. The minimum absolute atomic E-state index is 0.185. The molecule has 1 aliphatic rings. The first-order valence-electron chi connectivity index (χ1n) is 6.57. The van der Waals surface area contributed by atoms with Crippen molar-refractivity contribution in [2.24, 2.45) is 5.41 Å². The van der Waals surface area contributed by atoms with Crippen LogP contribution in [0, 0.1) is 17.8 Å². The molecule has 1 fully saturated rings. The number of nitrogens with one attached hydrogen (secondary N) is 1. The van der Waals surface area contributed by atoms with Crippen LogP contribution < -0.4 is 5.32 Å². The van der Waals surface area contributed by atoms with E-state index in [0.29, 0.717) is 6.04 Å². The Balaban J connectivity index is 2.20. The standard InChI is InChI=1S/C14H26N2O/c1-4-8-16-9-5-13(6-10-16)15-12-14(2,3)7-11-17/h1,13,15,17H,5-12H2,2-3H3. The smallest absolute Gasteiger partial charge is 0.0598 e. The molecule has 0 amide bonds. The maximum Gasteiger partial charge on any atom is 0.0598 e. The van der Waals surface area contributed by atoms with Gasteiger partial charge in [0.2, 0.25) is 0 Å². The quantitative estimate of drug-likeness (QED) is 0.680. The lowest BCUT2D eigenvalue weighted by molar-refractivity contribution is 0.180. The van der Waals surface area contributed by atoms with Gasteiger partial charge in [-0.15, -0.1) is 6.42 Å². The van der Waals surface area contributed by atoms with Crippen molar-refractivity contribution in [1.82, 2.24) is 10.2 Å². The van der Waals surface area contributed by atoms with Crippen LogP contribution in [0.1, 0.15) is 33.1 Å². The Morgan fingerprint density at radius 2 is 2.06 bits per heavy atom. The summed E-state index contributed by atoms with van der Waals surface area (Å²) in [6.07, 6.45) is 8.52. The van der Waals surface area contributed by atoms with Gasteiger partial charge in [0.15, 0.2) is 0 Å². The lowest BCUT2D eigenvalue weighted by Crippen LogP contribution is -2.45. The molecule has 0 bridgehead atoms. The number of likely N-dealkylation sites (tertiary alicyclic amines) is 1. The van der Waals surface area contributed by atoms with Crippen molar-refractivity contribution >= 4 is 0 Å². The number of hydrogen-bond acceptors (Lipinski definition) is 3. The number of nitrogens with zero attached hydrogens (tertiary/aromatic N) is 1. The second-order valence-electron chi connectivity index (χ2n) is 5.77. The molecule has 3 nitrogen and oxygen atoms in total. The first kappa shape index (κ1) is 14.5. The number of piperidine rings is 1. The summed E-state index contributed by atoms with van der Waals surface area (Å²) < 4.78 is 0. The number of terminal acetylenes is 1. The lowest BCUT2D eigenvalue weighted by Gasteiger charge is -2.33. The molecular formula is C14H26N2O. The van der Waals surface area contributed by atoms with E-state index in [1.165, 1.54) is 12.8 Å². The van der Waals surface area contributed by atoms with Crippen LogP contribution in [-0.4, -0.2) is 48.8 Å². The van der Waals surface area contributed by atoms with Gasteiger partial charge in [0, 0.05) is 32.3 Å². The molecule has 0 aromatic rings. The summed E-state index contributed by atoms with van der Waals surface area (Å²) in [5.74, 6) is 2.70. The van der Waals surface area contributed by atoms with Gasteiger partial charge < -0.3 is 10.4 Å². The third-order valence-corrected chi connectivity index (χ3v) is 3.56. The van der Waals surface area contributed by atoms with Gasteiger partial charge >= 0.3 is 0 Å². The molecule has 1 rings (SSSR count). The maximum absolute atomic E-state index is 8.98. The maximum atomic E-state index is 8.98. The Morgan fingerprint density at radius 1 is 1.41 bits per heavy atom. The van der Waals surface area contributed by atoms with Crippen molar-refractivity contribution in [2.45, 2.75) is 39.2 Å². The van der Waals surface area contributed by atoms with Crippen molar-refractivity contribution in [3.63, 3.8) is 0 Å². The topological polar surface area (TPSA) is 35.5 Å². The SMILES string of the molecule is C#CCN1CCC(NCC(C)(C)CCO)CC1. The van der Waals surface area contributed by atoms with E-state index in [1.807, 2.05) is 0 Å². The fraction of sp³-hybridized carbons (Fsp3) is 0.857. The molecule has 0 saturated carbocycles. The molecular weight excluding hydrogens is 212 g/mol. The zero-order valence-electron chi connectivity index (χ0n) is 11.2. The van der Waals surface area contributed by atoms with Crippen molar-refractivity contribution in [3.05, 3.63) is 0 Å². The molecule has 0 radical (unpaired) electrons. The first-order valence-corrected chi connectivity index (χ1v) is 6.57. The van der Waals surface area contributed by atoms with E-state index >= 15 is 0 Å². The minimum atomic E-state index is 0.185. The Hall–Kier alpha value is -0.560. The highest BCUT2D eigenvalue weighted by Crippen LogP contribution is 2.19. The highest BCUT2D eigenvalue weighted by atomic mass is 16.3. The van der Waals surface area contributed by atoms with Gasteiger partial charge in [0.25, 0.3) is 0 Å². The Morgan fingerprint density at radius 3 is 2.59 bits per heavy atom. The molecule has 0 aliphatic carbocycles. The average molecular weight is 238 g/mol. The van der Waals surface area contributed by atoms with Crippen LogP contribution in [-0.2, 0) is 0 Å². The van der Waals surface area contributed by atoms with E-state index in [4.69, 9.17) is 11.5 Å². The van der Waals surface area contributed by atoms with Crippen LogP contribution in [0.3, 0.4) is 0 Å². The van der Waals surface area contributed by atoms with Crippen LogP contribution in [0.4, 0.5) is 0 Å². The fourth-order valence-electron chi connectivity index (χ4n) is 2.24. The Kier molecular flexibility index (Phi) is 5.97. The summed E-state index contributed by atoms with van der Waals surface area (Å²) in [4.78, 5) is 2.33. The monoisotopic (exact) mass is 238 g/mol. The zero-order valence-corrected chi connectivity index (χ0v) is 11.2. The van der Waals surface area contributed by atoms with Gasteiger partial charge in [0.05, 0.1) is 6.54 Å². The van der Waals surface area contributed by atoms with Gasteiger partial charge in [-0.1, -0.05) is 19.8 Å². The van der Waals surface area contributed by atoms with E-state index in [-0.39, 0.29) is 12.0 Å². The van der Waals surface area contributed by atoms with Gasteiger partial charge in [-0.3, -0.25) is 4.90 Å². The highest BCUT2D eigenvalue weighted by molar-refractivity contribution is 4.90. The molecule has 0 aromatic carbocycles. The molecule has 3 heteroatoms. The predicted octanol–water partition coefficient (Wildman–Crippen LogP) is 1.08. The third-order valence-electron chi connectivity index (χ3n) is 3.56. The number of aliphatic hydroxyl groups excluding tert-OH is 1. The zero-order chi connectivity index (χ0) is 12.7. The van der Waals surface area contributed by atoms with Crippen LogP contribution in [0.5, 0.6) is 0 Å². The molecule has 0 unspecified atom stereocenters. The molecule has 17 heavy (non-hydrogen) atoms. The van der Waals surface area contributed by atoms with Crippen LogP contribution >= 0.6 is 0 Å². The van der Waals surface area contributed by atoms with E-state index in [0.717, 1.165) is 32.6 Å². The molecule has 0 aromatic heterocycles. The molecule has 98 valence electrons. The van der Waals surface area contributed by atoms with Crippen molar-refractivity contribution in [1.29, 1.82) is 0 Å². The van der Waals surface area contributed by atoms with Crippen LogP contribution in [0.15, 0.2) is 0 Å². The van der Waals surface area contributed by atoms with Gasteiger partial charge in [-0.2, -0.15) is 0 Å². The van der Waals surface area contributed by atoms with Crippen LogP contribution in [0.25, 0.3) is 0 Å². The van der Waals surface area contributed by atoms with Crippen molar-refractivity contribution < 1.29 is 5.11 Å². The Bertz CT molecular complexity index is 249. The summed E-state index contributed by atoms with van der Waals surface area (Å²) in [7, 11) is 0. The molecule has 1 heterocycles. The summed E-state index contributed by atoms with van der Waals surface area (Å²) in [5.41, 5.74) is 0.185. The number of aliphatic hydroxyl groups is 1. The largest absolute Gasteiger partial charge is 0.396 e. The second kappa shape index (κ2) is 7.00. The highest BCUT2D eigenvalue weighted by Gasteiger charge is 2.22. The minimum Gasteiger partial charge on any atom is -0.396 e. The van der Waals surface area contributed by atoms with E-state index in [2.05, 4.69) is 30.0 Å². The number of rotatable bonds is 6. The van der Waals surface area contributed by atoms with E-state index < -0.39 is 0 Å². The van der Waals surface area contributed by atoms with Crippen molar-refractivity contribution in [3.8, 4) is 12.3 Å². The van der Waals surface area contributed by atoms with E-state index in [1.54, 1.807) is 0 Å². The molecule has 2 N–H and O–H groups in total. The second-order valence-corrected chi connectivity index (χ2v) is 5.77. The molecule has 0 spiro atoms. The van der Waals surface area contributed by atoms with E-state index in [9.17, 15) is 0 Å². The summed E-state index contributed by atoms with van der Waals surface area (Å²) in [6.45, 7) is 8.63. The van der Waals surface area contributed by atoms with Gasteiger partial charge in [-0.25, -0.2) is 0 Å². The van der Waals surface area contributed by atoms with Gasteiger partial charge in [0.1, 0.15) is 0 Å². The normalized spacial score (nSPS) is 19.2. The fourth-order valence-corrected chi connectivity index (χ4v) is 2.24. The molecule has 0 atom stereocenters. The summed E-state index contributed by atoms with van der Waals surface area (Å²) in [5, 5.41) is 12.6. The van der Waals surface area contributed by atoms with Gasteiger partial charge in [-0.05, 0) is 24.7 Å². The lowest BCUT2D eigenvalue weighted by atomic mass is 9.89. The first-order chi connectivity index (χ1) is 8.07. The predicted molar refractivity (Wildman–Crippen MR) is 71.8 cm³/mol.